The lowest BCUT2D eigenvalue weighted by Gasteiger charge is -2.25. The maximum atomic E-state index is 13.4. The summed E-state index contributed by atoms with van der Waals surface area (Å²) in [4.78, 5) is 21.4. The standard InChI is InChI=1S/C18H17FN4O/c1-11-8-15(14-4-2-12(19)9-16(14)21-11)18(24)22-13-3-5-17-20-6-7-23(17)10-13/h2,4,6-9,13H,3,5,10H2,1H3,(H,22,24). The molecule has 6 heteroatoms. The van der Waals surface area contributed by atoms with E-state index < -0.39 is 0 Å². The largest absolute Gasteiger partial charge is 0.347 e. The molecule has 0 saturated heterocycles. The van der Waals surface area contributed by atoms with Crippen molar-refractivity contribution in [3.05, 3.63) is 59.6 Å². The summed E-state index contributed by atoms with van der Waals surface area (Å²) in [5.74, 6) is 0.554. The molecule has 0 bridgehead atoms. The van der Waals surface area contributed by atoms with Gasteiger partial charge in [-0.3, -0.25) is 9.78 Å². The lowest BCUT2D eigenvalue weighted by molar-refractivity contribution is 0.0929. The third-order valence-electron chi connectivity index (χ3n) is 4.42. The van der Waals surface area contributed by atoms with Crippen molar-refractivity contribution in [3.8, 4) is 0 Å². The summed E-state index contributed by atoms with van der Waals surface area (Å²) in [5.41, 5.74) is 1.73. The van der Waals surface area contributed by atoms with Crippen molar-refractivity contribution in [2.45, 2.75) is 32.4 Å². The van der Waals surface area contributed by atoms with Gasteiger partial charge in [-0.1, -0.05) is 0 Å². The number of nitrogens with zero attached hydrogens (tertiary/aromatic N) is 3. The van der Waals surface area contributed by atoms with Crippen LogP contribution in [0.15, 0.2) is 36.7 Å². The van der Waals surface area contributed by atoms with Crippen LogP contribution in [0.2, 0.25) is 0 Å². The Hall–Kier alpha value is -2.76. The van der Waals surface area contributed by atoms with Crippen molar-refractivity contribution in [3.63, 3.8) is 0 Å². The van der Waals surface area contributed by atoms with Gasteiger partial charge in [-0.15, -0.1) is 0 Å². The summed E-state index contributed by atoms with van der Waals surface area (Å²) in [6.07, 6.45) is 5.43. The van der Waals surface area contributed by atoms with E-state index in [4.69, 9.17) is 0 Å². The number of carbonyl (C=O) groups is 1. The first-order valence-electron chi connectivity index (χ1n) is 7.98. The average molecular weight is 324 g/mol. The number of fused-ring (bicyclic) bond motifs is 2. The lowest BCUT2D eigenvalue weighted by Crippen LogP contribution is -2.41. The number of hydrogen-bond acceptors (Lipinski definition) is 3. The summed E-state index contributed by atoms with van der Waals surface area (Å²) in [6.45, 7) is 2.53. The average Bonchev–Trinajstić information content (AvgIpc) is 3.01. The molecule has 0 radical (unpaired) electrons. The molecule has 1 N–H and O–H groups in total. The first kappa shape index (κ1) is 14.8. The van der Waals surface area contributed by atoms with Crippen molar-refractivity contribution < 1.29 is 9.18 Å². The minimum atomic E-state index is -0.355. The monoisotopic (exact) mass is 324 g/mol. The number of amides is 1. The van der Waals surface area contributed by atoms with Gasteiger partial charge in [0.25, 0.3) is 5.91 Å². The van der Waals surface area contributed by atoms with Gasteiger partial charge in [0.2, 0.25) is 0 Å². The maximum absolute atomic E-state index is 13.4. The Morgan fingerprint density at radius 3 is 3.12 bits per heavy atom. The zero-order valence-corrected chi connectivity index (χ0v) is 13.3. The summed E-state index contributed by atoms with van der Waals surface area (Å²) in [6, 6.07) is 6.14. The summed E-state index contributed by atoms with van der Waals surface area (Å²) in [5, 5.41) is 3.76. The molecule has 2 aromatic heterocycles. The second kappa shape index (κ2) is 5.70. The van der Waals surface area contributed by atoms with E-state index in [1.54, 1.807) is 25.3 Å². The molecule has 0 spiro atoms. The molecule has 3 aromatic rings. The molecule has 3 heterocycles. The zero-order chi connectivity index (χ0) is 16.7. The third-order valence-corrected chi connectivity index (χ3v) is 4.42. The summed E-state index contributed by atoms with van der Waals surface area (Å²) < 4.78 is 15.5. The lowest BCUT2D eigenvalue weighted by atomic mass is 10.0. The van der Waals surface area contributed by atoms with E-state index >= 15 is 0 Å². The fraction of sp³-hybridized carbons (Fsp3) is 0.278. The van der Waals surface area contributed by atoms with Crippen molar-refractivity contribution >= 4 is 16.8 Å². The predicted octanol–water partition coefficient (Wildman–Crippen LogP) is 2.62. The second-order valence-corrected chi connectivity index (χ2v) is 6.18. The smallest absolute Gasteiger partial charge is 0.252 e. The predicted molar refractivity (Wildman–Crippen MR) is 88.2 cm³/mol. The number of aromatic nitrogens is 3. The molecule has 4 rings (SSSR count). The van der Waals surface area contributed by atoms with Crippen LogP contribution in [0.3, 0.4) is 0 Å². The van der Waals surface area contributed by atoms with Crippen LogP contribution in [0.5, 0.6) is 0 Å². The molecule has 1 atom stereocenters. The number of halogens is 1. The Morgan fingerprint density at radius 1 is 1.38 bits per heavy atom. The molecule has 5 nitrogen and oxygen atoms in total. The molecule has 24 heavy (non-hydrogen) atoms. The van der Waals surface area contributed by atoms with Gasteiger partial charge >= 0.3 is 0 Å². The Labute approximate surface area is 138 Å². The van der Waals surface area contributed by atoms with Gasteiger partial charge in [0.1, 0.15) is 11.6 Å². The van der Waals surface area contributed by atoms with Crippen molar-refractivity contribution in [1.82, 2.24) is 19.9 Å². The Bertz CT molecular complexity index is 929. The van der Waals surface area contributed by atoms with Crippen LogP contribution in [-0.2, 0) is 13.0 Å². The molecular weight excluding hydrogens is 307 g/mol. The number of rotatable bonds is 2. The van der Waals surface area contributed by atoms with E-state index in [1.807, 2.05) is 6.20 Å². The van der Waals surface area contributed by atoms with Crippen LogP contribution in [0, 0.1) is 12.7 Å². The first-order valence-corrected chi connectivity index (χ1v) is 7.98. The quantitative estimate of drug-likeness (QED) is 0.788. The number of nitrogens with one attached hydrogen (secondary N) is 1. The van der Waals surface area contributed by atoms with Gasteiger partial charge in [0.05, 0.1) is 11.1 Å². The highest BCUT2D eigenvalue weighted by atomic mass is 19.1. The van der Waals surface area contributed by atoms with E-state index in [0.29, 0.717) is 22.2 Å². The van der Waals surface area contributed by atoms with Crippen molar-refractivity contribution in [2.24, 2.45) is 0 Å². The third kappa shape index (κ3) is 2.64. The number of benzene rings is 1. The number of aryl methyl sites for hydroxylation is 2. The number of carbonyl (C=O) groups excluding carboxylic acids is 1. The minimum Gasteiger partial charge on any atom is -0.347 e. The summed E-state index contributed by atoms with van der Waals surface area (Å²) >= 11 is 0. The molecule has 0 saturated carbocycles. The van der Waals surface area contributed by atoms with Crippen LogP contribution < -0.4 is 5.32 Å². The van der Waals surface area contributed by atoms with E-state index in [0.717, 1.165) is 25.2 Å². The number of imidazole rings is 1. The van der Waals surface area contributed by atoms with Gasteiger partial charge in [0, 0.05) is 48.5 Å². The first-order chi connectivity index (χ1) is 11.6. The highest BCUT2D eigenvalue weighted by molar-refractivity contribution is 6.06. The molecule has 1 amide bonds. The molecule has 1 unspecified atom stereocenters. The minimum absolute atomic E-state index is 0.0585. The highest BCUT2D eigenvalue weighted by Crippen LogP contribution is 2.20. The van der Waals surface area contributed by atoms with Crippen LogP contribution >= 0.6 is 0 Å². The molecule has 1 aromatic carbocycles. The Kier molecular flexibility index (Phi) is 3.52. The van der Waals surface area contributed by atoms with Crippen LogP contribution in [0.4, 0.5) is 4.39 Å². The topological polar surface area (TPSA) is 59.8 Å². The zero-order valence-electron chi connectivity index (χ0n) is 13.3. The molecule has 0 aliphatic carbocycles. The van der Waals surface area contributed by atoms with Gasteiger partial charge in [-0.05, 0) is 31.5 Å². The van der Waals surface area contributed by atoms with Gasteiger partial charge in [-0.2, -0.15) is 0 Å². The molecular formula is C18H17FN4O. The van der Waals surface area contributed by atoms with Crippen molar-refractivity contribution in [2.75, 3.05) is 0 Å². The van der Waals surface area contributed by atoms with E-state index in [1.165, 1.54) is 12.1 Å². The van der Waals surface area contributed by atoms with E-state index in [2.05, 4.69) is 19.9 Å². The molecule has 1 aliphatic heterocycles. The van der Waals surface area contributed by atoms with E-state index in [-0.39, 0.29) is 17.8 Å². The Morgan fingerprint density at radius 2 is 2.25 bits per heavy atom. The van der Waals surface area contributed by atoms with Crippen LogP contribution in [0.25, 0.3) is 10.9 Å². The van der Waals surface area contributed by atoms with E-state index in [9.17, 15) is 9.18 Å². The summed E-state index contributed by atoms with van der Waals surface area (Å²) in [7, 11) is 0. The fourth-order valence-electron chi connectivity index (χ4n) is 3.27. The molecule has 0 fully saturated rings. The number of pyridine rings is 1. The molecule has 122 valence electrons. The second-order valence-electron chi connectivity index (χ2n) is 6.18. The maximum Gasteiger partial charge on any atom is 0.252 e. The SMILES string of the molecule is Cc1cc(C(=O)NC2CCc3nccn3C2)c2ccc(F)cc2n1. The Balaban J connectivity index is 1.62. The fourth-order valence-corrected chi connectivity index (χ4v) is 3.27. The molecule has 1 aliphatic rings. The highest BCUT2D eigenvalue weighted by Gasteiger charge is 2.22. The van der Waals surface area contributed by atoms with Crippen LogP contribution in [0.1, 0.15) is 28.3 Å². The van der Waals surface area contributed by atoms with Gasteiger partial charge in [0.15, 0.2) is 0 Å². The number of hydrogen-bond donors (Lipinski definition) is 1. The van der Waals surface area contributed by atoms with Gasteiger partial charge in [-0.25, -0.2) is 9.37 Å². The van der Waals surface area contributed by atoms with Gasteiger partial charge < -0.3 is 9.88 Å². The van der Waals surface area contributed by atoms with Crippen molar-refractivity contribution in [1.29, 1.82) is 0 Å². The van der Waals surface area contributed by atoms with Crippen LogP contribution in [-0.4, -0.2) is 26.5 Å². The normalized spacial score (nSPS) is 16.8.